The van der Waals surface area contributed by atoms with Crippen LogP contribution in [-0.4, -0.2) is 49.6 Å². The summed E-state index contributed by atoms with van der Waals surface area (Å²) in [6.07, 6.45) is 0.840. The molecule has 0 aliphatic heterocycles. The first-order valence-corrected chi connectivity index (χ1v) is 10.3. The molecule has 5 nitrogen and oxygen atoms in total. The first-order valence-electron chi connectivity index (χ1n) is 9.14. The van der Waals surface area contributed by atoms with Gasteiger partial charge in [-0.05, 0) is 57.7 Å². The zero-order valence-corrected chi connectivity index (χ0v) is 17.9. The highest BCUT2D eigenvalue weighted by Gasteiger charge is 2.21. The van der Waals surface area contributed by atoms with Crippen molar-refractivity contribution in [2.75, 3.05) is 38.7 Å². The molecule has 3 aromatic rings. The summed E-state index contributed by atoms with van der Waals surface area (Å²) in [6, 6.07) is 13.4. The third-order valence-corrected chi connectivity index (χ3v) is 5.67. The number of hydrogen-bond donors (Lipinski definition) is 0. The first kappa shape index (κ1) is 20.6. The fraction of sp³-hybridized carbons (Fsp3) is 0.333. The molecule has 0 saturated heterocycles. The summed E-state index contributed by atoms with van der Waals surface area (Å²) in [7, 11) is 4.04. The van der Waals surface area contributed by atoms with Crippen LogP contribution in [0.5, 0.6) is 5.75 Å². The van der Waals surface area contributed by atoms with E-state index in [1.807, 2.05) is 63.5 Å². The van der Waals surface area contributed by atoms with Crippen LogP contribution in [0.2, 0.25) is 5.02 Å². The van der Waals surface area contributed by atoms with Gasteiger partial charge in [0.2, 0.25) is 0 Å². The number of carbonyl (C=O) groups is 1. The third kappa shape index (κ3) is 5.01. The number of benzene rings is 2. The number of rotatable bonds is 8. The van der Waals surface area contributed by atoms with E-state index in [1.165, 1.54) is 11.3 Å². The van der Waals surface area contributed by atoms with Crippen molar-refractivity contribution in [1.29, 1.82) is 0 Å². The molecule has 3 rings (SSSR count). The number of hydrogen-bond acceptors (Lipinski definition) is 5. The van der Waals surface area contributed by atoms with E-state index >= 15 is 0 Å². The number of para-hydroxylation sites is 2. The van der Waals surface area contributed by atoms with Gasteiger partial charge in [0.15, 0.2) is 11.7 Å². The fourth-order valence-corrected chi connectivity index (χ4v) is 4.14. The number of thiazole rings is 1. The average molecular weight is 418 g/mol. The van der Waals surface area contributed by atoms with Crippen LogP contribution in [0.3, 0.4) is 0 Å². The van der Waals surface area contributed by atoms with Crippen molar-refractivity contribution >= 4 is 44.2 Å². The van der Waals surface area contributed by atoms with Crippen molar-refractivity contribution in [3.8, 4) is 5.75 Å². The van der Waals surface area contributed by atoms with Gasteiger partial charge in [0.1, 0.15) is 11.3 Å². The molecule has 0 atom stereocenters. The van der Waals surface area contributed by atoms with Gasteiger partial charge >= 0.3 is 0 Å². The van der Waals surface area contributed by atoms with Gasteiger partial charge in [-0.2, -0.15) is 0 Å². The molecule has 7 heteroatoms. The van der Waals surface area contributed by atoms with E-state index in [4.69, 9.17) is 16.3 Å². The number of halogens is 1. The van der Waals surface area contributed by atoms with Crippen molar-refractivity contribution in [2.45, 2.75) is 13.3 Å². The summed E-state index contributed by atoms with van der Waals surface area (Å²) < 4.78 is 6.74. The molecule has 0 fully saturated rings. The average Bonchev–Trinajstić information content (AvgIpc) is 3.09. The molecule has 148 valence electrons. The molecule has 0 aliphatic carbocycles. The zero-order valence-electron chi connectivity index (χ0n) is 16.3. The lowest BCUT2D eigenvalue weighted by Gasteiger charge is -2.21. The van der Waals surface area contributed by atoms with Gasteiger partial charge in [0.05, 0.1) is 9.72 Å². The molecular weight excluding hydrogens is 394 g/mol. The van der Waals surface area contributed by atoms with Crippen molar-refractivity contribution in [3.63, 3.8) is 0 Å². The third-order valence-electron chi connectivity index (χ3n) is 4.32. The van der Waals surface area contributed by atoms with Crippen molar-refractivity contribution in [3.05, 3.63) is 53.1 Å². The Morgan fingerprint density at radius 3 is 2.64 bits per heavy atom. The van der Waals surface area contributed by atoms with Crippen LogP contribution < -0.4 is 9.64 Å². The predicted octanol–water partition coefficient (Wildman–Crippen LogP) is 4.62. The van der Waals surface area contributed by atoms with Crippen LogP contribution in [-0.2, 0) is 4.79 Å². The van der Waals surface area contributed by atoms with E-state index in [9.17, 15) is 4.79 Å². The number of aromatic nitrogens is 1. The Labute approximate surface area is 174 Å². The number of fused-ring (bicyclic) bond motifs is 1. The van der Waals surface area contributed by atoms with Crippen LogP contribution in [0.25, 0.3) is 10.2 Å². The van der Waals surface area contributed by atoms with Gasteiger partial charge in [0, 0.05) is 6.54 Å². The van der Waals surface area contributed by atoms with Crippen LogP contribution in [0.4, 0.5) is 5.13 Å². The molecule has 0 radical (unpaired) electrons. The normalized spacial score (nSPS) is 11.2. The van der Waals surface area contributed by atoms with Crippen LogP contribution in [0.15, 0.2) is 42.5 Å². The highest BCUT2D eigenvalue weighted by atomic mass is 35.5. The zero-order chi connectivity index (χ0) is 20.1. The topological polar surface area (TPSA) is 45.7 Å². The lowest BCUT2D eigenvalue weighted by molar-refractivity contribution is -0.120. The SMILES string of the molecule is Cc1ccccc1OCC(=O)N(CCCN(C)C)c1nc2c(Cl)cccc2s1. The Hall–Kier alpha value is -2.15. The van der Waals surface area contributed by atoms with E-state index in [0.717, 1.165) is 34.5 Å². The monoisotopic (exact) mass is 417 g/mol. The minimum Gasteiger partial charge on any atom is -0.483 e. The molecule has 0 bridgehead atoms. The lowest BCUT2D eigenvalue weighted by atomic mass is 10.2. The smallest absolute Gasteiger partial charge is 0.266 e. The summed E-state index contributed by atoms with van der Waals surface area (Å²) in [6.45, 7) is 3.39. The number of nitrogens with zero attached hydrogens (tertiary/aromatic N) is 3. The van der Waals surface area contributed by atoms with Crippen LogP contribution in [0.1, 0.15) is 12.0 Å². The van der Waals surface area contributed by atoms with Gasteiger partial charge in [-0.3, -0.25) is 9.69 Å². The summed E-state index contributed by atoms with van der Waals surface area (Å²) in [5.74, 6) is 0.605. The van der Waals surface area contributed by atoms with Crippen molar-refractivity contribution in [1.82, 2.24) is 9.88 Å². The maximum atomic E-state index is 13.0. The maximum absolute atomic E-state index is 13.0. The molecular formula is C21H24ClN3O2S. The highest BCUT2D eigenvalue weighted by molar-refractivity contribution is 7.22. The number of aryl methyl sites for hydroxylation is 1. The maximum Gasteiger partial charge on any atom is 0.266 e. The minimum atomic E-state index is -0.114. The second-order valence-corrected chi connectivity index (χ2v) is 8.26. The second kappa shape index (κ2) is 9.37. The molecule has 0 unspecified atom stereocenters. The molecule has 1 amide bonds. The molecule has 2 aromatic carbocycles. The molecule has 0 aliphatic rings. The Bertz CT molecular complexity index is 958. The van der Waals surface area contributed by atoms with E-state index in [2.05, 4.69) is 9.88 Å². The van der Waals surface area contributed by atoms with Gasteiger partial charge < -0.3 is 9.64 Å². The van der Waals surface area contributed by atoms with Crippen LogP contribution in [0, 0.1) is 6.92 Å². The molecule has 0 N–H and O–H groups in total. The van der Waals surface area contributed by atoms with Crippen molar-refractivity contribution < 1.29 is 9.53 Å². The van der Waals surface area contributed by atoms with E-state index in [-0.39, 0.29) is 12.5 Å². The number of carbonyl (C=O) groups excluding carboxylic acids is 1. The Morgan fingerprint density at radius 1 is 1.14 bits per heavy atom. The largest absolute Gasteiger partial charge is 0.483 e. The first-order chi connectivity index (χ1) is 13.5. The summed E-state index contributed by atoms with van der Waals surface area (Å²) in [5, 5.41) is 1.25. The number of anilines is 1. The number of ether oxygens (including phenoxy) is 1. The molecule has 28 heavy (non-hydrogen) atoms. The predicted molar refractivity (Wildman–Crippen MR) is 117 cm³/mol. The van der Waals surface area contributed by atoms with E-state index in [1.54, 1.807) is 4.90 Å². The van der Waals surface area contributed by atoms with E-state index in [0.29, 0.717) is 16.7 Å². The Morgan fingerprint density at radius 2 is 1.93 bits per heavy atom. The summed E-state index contributed by atoms with van der Waals surface area (Å²) in [4.78, 5) is 21.4. The summed E-state index contributed by atoms with van der Waals surface area (Å²) >= 11 is 7.74. The summed E-state index contributed by atoms with van der Waals surface area (Å²) in [5.41, 5.74) is 1.73. The minimum absolute atomic E-state index is 0.0313. The van der Waals surface area contributed by atoms with Gasteiger partial charge in [0.25, 0.3) is 5.91 Å². The van der Waals surface area contributed by atoms with Gasteiger partial charge in [-0.25, -0.2) is 4.98 Å². The number of amides is 1. The van der Waals surface area contributed by atoms with E-state index < -0.39 is 0 Å². The van der Waals surface area contributed by atoms with Gasteiger partial charge in [-0.1, -0.05) is 47.2 Å². The van der Waals surface area contributed by atoms with Gasteiger partial charge in [-0.15, -0.1) is 0 Å². The quantitative estimate of drug-likeness (QED) is 0.536. The van der Waals surface area contributed by atoms with Crippen LogP contribution >= 0.6 is 22.9 Å². The molecule has 0 spiro atoms. The molecule has 1 heterocycles. The molecule has 0 saturated carbocycles. The van der Waals surface area contributed by atoms with Crippen molar-refractivity contribution in [2.24, 2.45) is 0 Å². The Balaban J connectivity index is 1.79. The molecule has 1 aromatic heterocycles. The standard InChI is InChI=1S/C21H24ClN3O2S/c1-15-8-4-5-10-17(15)27-14-19(26)25(13-7-12-24(2)3)21-23-20-16(22)9-6-11-18(20)28-21/h4-6,8-11H,7,12-14H2,1-3H3. The fourth-order valence-electron chi connectivity index (χ4n) is 2.83. The second-order valence-electron chi connectivity index (χ2n) is 6.84. The highest BCUT2D eigenvalue weighted by Crippen LogP contribution is 2.33. The lowest BCUT2D eigenvalue weighted by Crippen LogP contribution is -2.36. The Kier molecular flexibility index (Phi) is 6.88.